The van der Waals surface area contributed by atoms with Gasteiger partial charge in [0.05, 0.1) is 11.3 Å². The molecule has 1 N–H and O–H groups in total. The second-order valence-corrected chi connectivity index (χ2v) is 5.99. The predicted octanol–water partition coefficient (Wildman–Crippen LogP) is 3.40. The SMILES string of the molecule is N#Cc1c(Br)cccc1N1CCCC(CCC(=O)O)C1. The van der Waals surface area contributed by atoms with Crippen LogP contribution in [0.4, 0.5) is 5.69 Å². The van der Waals surface area contributed by atoms with Gasteiger partial charge in [-0.1, -0.05) is 6.07 Å². The highest BCUT2D eigenvalue weighted by Crippen LogP contribution is 2.31. The Bertz CT molecular complexity index is 539. The molecule has 0 aromatic heterocycles. The lowest BCUT2D eigenvalue weighted by molar-refractivity contribution is -0.137. The van der Waals surface area contributed by atoms with Crippen LogP contribution in [0, 0.1) is 17.2 Å². The molecule has 1 heterocycles. The molecule has 1 aliphatic heterocycles. The van der Waals surface area contributed by atoms with Crippen molar-refractivity contribution in [2.75, 3.05) is 18.0 Å². The van der Waals surface area contributed by atoms with E-state index in [4.69, 9.17) is 5.11 Å². The number of piperidine rings is 1. The van der Waals surface area contributed by atoms with Gasteiger partial charge in [0.25, 0.3) is 0 Å². The first-order chi connectivity index (χ1) is 9.61. The molecule has 0 aliphatic carbocycles. The summed E-state index contributed by atoms with van der Waals surface area (Å²) >= 11 is 3.41. The van der Waals surface area contributed by atoms with Crippen molar-refractivity contribution in [3.63, 3.8) is 0 Å². The molecule has 1 fully saturated rings. The van der Waals surface area contributed by atoms with E-state index < -0.39 is 5.97 Å². The van der Waals surface area contributed by atoms with E-state index >= 15 is 0 Å². The minimum atomic E-state index is -0.734. The summed E-state index contributed by atoms with van der Waals surface area (Å²) in [5.74, 6) is -0.340. The van der Waals surface area contributed by atoms with Gasteiger partial charge in [-0.2, -0.15) is 5.26 Å². The van der Waals surface area contributed by atoms with Crippen LogP contribution in [-0.2, 0) is 4.79 Å². The van der Waals surface area contributed by atoms with Gasteiger partial charge in [-0.25, -0.2) is 0 Å². The molecule has 1 aliphatic rings. The molecule has 1 unspecified atom stereocenters. The van der Waals surface area contributed by atoms with E-state index in [1.807, 2.05) is 18.2 Å². The van der Waals surface area contributed by atoms with Gasteiger partial charge in [0.15, 0.2) is 0 Å². The highest BCUT2D eigenvalue weighted by atomic mass is 79.9. The van der Waals surface area contributed by atoms with Crippen molar-refractivity contribution in [1.82, 2.24) is 0 Å². The lowest BCUT2D eigenvalue weighted by Gasteiger charge is -2.35. The van der Waals surface area contributed by atoms with Crippen LogP contribution < -0.4 is 4.90 Å². The lowest BCUT2D eigenvalue weighted by Crippen LogP contribution is -2.36. The van der Waals surface area contributed by atoms with Crippen LogP contribution in [0.15, 0.2) is 22.7 Å². The summed E-state index contributed by atoms with van der Waals surface area (Å²) in [5, 5.41) is 18.1. The number of anilines is 1. The number of nitrogens with zero attached hydrogens (tertiary/aromatic N) is 2. The summed E-state index contributed by atoms with van der Waals surface area (Å²) in [6, 6.07) is 8.01. The van der Waals surface area contributed by atoms with Gasteiger partial charge >= 0.3 is 5.97 Å². The van der Waals surface area contributed by atoms with E-state index in [-0.39, 0.29) is 6.42 Å². The summed E-state index contributed by atoms with van der Waals surface area (Å²) in [4.78, 5) is 12.9. The highest BCUT2D eigenvalue weighted by molar-refractivity contribution is 9.10. The number of carboxylic acid groups (broad SMARTS) is 1. The van der Waals surface area contributed by atoms with E-state index in [0.29, 0.717) is 17.9 Å². The monoisotopic (exact) mass is 336 g/mol. The lowest BCUT2D eigenvalue weighted by atomic mass is 9.92. The second-order valence-electron chi connectivity index (χ2n) is 5.13. The Morgan fingerprint density at radius 3 is 3.05 bits per heavy atom. The molecule has 1 saturated heterocycles. The van der Waals surface area contributed by atoms with Crippen LogP contribution in [0.5, 0.6) is 0 Å². The zero-order valence-corrected chi connectivity index (χ0v) is 12.8. The Labute approximate surface area is 127 Å². The van der Waals surface area contributed by atoms with Crippen LogP contribution in [0.25, 0.3) is 0 Å². The van der Waals surface area contributed by atoms with Crippen molar-refractivity contribution in [2.45, 2.75) is 25.7 Å². The summed E-state index contributed by atoms with van der Waals surface area (Å²) in [6.07, 6.45) is 3.05. The van der Waals surface area contributed by atoms with Gasteiger partial charge in [-0.3, -0.25) is 4.79 Å². The van der Waals surface area contributed by atoms with Gasteiger partial charge in [-0.15, -0.1) is 0 Å². The number of aliphatic carboxylic acids is 1. The number of hydrogen-bond acceptors (Lipinski definition) is 3. The molecule has 20 heavy (non-hydrogen) atoms. The molecule has 106 valence electrons. The Morgan fingerprint density at radius 1 is 1.55 bits per heavy atom. The van der Waals surface area contributed by atoms with Crippen molar-refractivity contribution in [1.29, 1.82) is 5.26 Å². The molecule has 0 spiro atoms. The minimum Gasteiger partial charge on any atom is -0.481 e. The molecule has 1 aromatic rings. The number of hydrogen-bond donors (Lipinski definition) is 1. The zero-order valence-electron chi connectivity index (χ0n) is 11.2. The Hall–Kier alpha value is -1.54. The van der Waals surface area contributed by atoms with E-state index in [9.17, 15) is 10.1 Å². The quantitative estimate of drug-likeness (QED) is 0.915. The van der Waals surface area contributed by atoms with Gasteiger partial charge in [0, 0.05) is 24.0 Å². The molecule has 0 bridgehead atoms. The van der Waals surface area contributed by atoms with Crippen LogP contribution in [0.1, 0.15) is 31.2 Å². The third-order valence-corrected chi connectivity index (χ3v) is 4.39. The standard InChI is InChI=1S/C15H17BrN2O2/c16-13-4-1-5-14(12(13)9-17)18-8-2-3-11(10-18)6-7-15(19)20/h1,4-5,11H,2-3,6-8,10H2,(H,19,20). The van der Waals surface area contributed by atoms with Gasteiger partial charge in [0.1, 0.15) is 6.07 Å². The maximum absolute atomic E-state index is 10.7. The van der Waals surface area contributed by atoms with Gasteiger partial charge < -0.3 is 10.0 Å². The van der Waals surface area contributed by atoms with Crippen molar-refractivity contribution in [3.05, 3.63) is 28.2 Å². The number of carbonyl (C=O) groups is 1. The van der Waals surface area contributed by atoms with E-state index in [0.717, 1.165) is 36.1 Å². The molecular weight excluding hydrogens is 320 g/mol. The average Bonchev–Trinajstić information content (AvgIpc) is 2.45. The smallest absolute Gasteiger partial charge is 0.303 e. The van der Waals surface area contributed by atoms with Crippen molar-refractivity contribution in [3.8, 4) is 6.07 Å². The Kier molecular flexibility index (Phi) is 5.02. The van der Waals surface area contributed by atoms with E-state index in [2.05, 4.69) is 26.9 Å². The third kappa shape index (κ3) is 3.51. The number of nitriles is 1. The fourth-order valence-corrected chi connectivity index (χ4v) is 3.18. The molecule has 1 aromatic carbocycles. The van der Waals surface area contributed by atoms with Crippen LogP contribution >= 0.6 is 15.9 Å². The summed E-state index contributed by atoms with van der Waals surface area (Å²) in [6.45, 7) is 1.76. The largest absolute Gasteiger partial charge is 0.481 e. The number of rotatable bonds is 4. The average molecular weight is 337 g/mol. The van der Waals surface area contributed by atoms with Crippen molar-refractivity contribution >= 4 is 27.6 Å². The van der Waals surface area contributed by atoms with Crippen LogP contribution in [0.2, 0.25) is 0 Å². The molecule has 4 nitrogen and oxygen atoms in total. The number of benzene rings is 1. The maximum Gasteiger partial charge on any atom is 0.303 e. The highest BCUT2D eigenvalue weighted by Gasteiger charge is 2.23. The molecule has 0 amide bonds. The predicted molar refractivity (Wildman–Crippen MR) is 80.7 cm³/mol. The minimum absolute atomic E-state index is 0.224. The third-order valence-electron chi connectivity index (χ3n) is 3.73. The molecule has 5 heteroatoms. The topological polar surface area (TPSA) is 64.3 Å². The normalized spacial score (nSPS) is 18.6. The molecular formula is C15H17BrN2O2. The van der Waals surface area contributed by atoms with Gasteiger partial charge in [-0.05, 0) is 53.2 Å². The van der Waals surface area contributed by atoms with Gasteiger partial charge in [0.2, 0.25) is 0 Å². The fourth-order valence-electron chi connectivity index (χ4n) is 2.73. The number of halogens is 1. The van der Waals surface area contributed by atoms with Crippen LogP contribution in [-0.4, -0.2) is 24.2 Å². The van der Waals surface area contributed by atoms with E-state index in [1.165, 1.54) is 0 Å². The summed E-state index contributed by atoms with van der Waals surface area (Å²) in [5.41, 5.74) is 1.60. The molecule has 0 radical (unpaired) electrons. The van der Waals surface area contributed by atoms with Crippen molar-refractivity contribution in [2.24, 2.45) is 5.92 Å². The molecule has 1 atom stereocenters. The van der Waals surface area contributed by atoms with E-state index in [1.54, 1.807) is 0 Å². The second kappa shape index (κ2) is 6.76. The summed E-state index contributed by atoms with van der Waals surface area (Å²) in [7, 11) is 0. The molecule has 0 saturated carbocycles. The first kappa shape index (κ1) is 14.9. The Balaban J connectivity index is 2.11. The Morgan fingerprint density at radius 2 is 2.35 bits per heavy atom. The zero-order chi connectivity index (χ0) is 14.5. The summed E-state index contributed by atoms with van der Waals surface area (Å²) < 4.78 is 0.810. The molecule has 2 rings (SSSR count). The first-order valence-electron chi connectivity index (χ1n) is 6.77. The fraction of sp³-hybridized carbons (Fsp3) is 0.467. The number of carboxylic acids is 1. The van der Waals surface area contributed by atoms with Crippen molar-refractivity contribution < 1.29 is 9.90 Å². The van der Waals surface area contributed by atoms with Crippen LogP contribution in [0.3, 0.4) is 0 Å². The first-order valence-corrected chi connectivity index (χ1v) is 7.56. The maximum atomic E-state index is 10.7.